The summed E-state index contributed by atoms with van der Waals surface area (Å²) < 4.78 is 19.0. The lowest BCUT2D eigenvalue weighted by Crippen LogP contribution is -2.47. The summed E-state index contributed by atoms with van der Waals surface area (Å²) in [6.07, 6.45) is 3.42. The number of halogens is 2. The van der Waals surface area contributed by atoms with Gasteiger partial charge >= 0.3 is 6.09 Å². The average molecular weight is 444 g/mol. The first-order chi connectivity index (χ1) is 15.0. The molecular weight excluding hydrogens is 425 g/mol. The Bertz CT molecular complexity index is 1020. The number of nitrogens with zero attached hydrogens (tertiary/aromatic N) is 2. The summed E-state index contributed by atoms with van der Waals surface area (Å²) >= 11 is 5.93. The number of aromatic nitrogens is 2. The summed E-state index contributed by atoms with van der Waals surface area (Å²) in [4.78, 5) is 31.5. The van der Waals surface area contributed by atoms with Crippen LogP contribution >= 0.6 is 11.6 Å². The number of benzene rings is 2. The van der Waals surface area contributed by atoms with E-state index in [2.05, 4.69) is 25.8 Å². The van der Waals surface area contributed by atoms with Crippen molar-refractivity contribution in [3.05, 3.63) is 88.7 Å². The van der Waals surface area contributed by atoms with Gasteiger partial charge in [0.1, 0.15) is 18.5 Å². The van der Waals surface area contributed by atoms with Gasteiger partial charge in [-0.2, -0.15) is 5.10 Å². The van der Waals surface area contributed by atoms with Crippen LogP contribution in [0, 0.1) is 5.82 Å². The van der Waals surface area contributed by atoms with Crippen molar-refractivity contribution in [2.45, 2.75) is 19.1 Å². The van der Waals surface area contributed by atoms with Gasteiger partial charge in [-0.1, -0.05) is 48.0 Å². The molecule has 0 fully saturated rings. The maximum atomic E-state index is 13.8. The minimum Gasteiger partial charge on any atom is -0.445 e. The highest BCUT2D eigenvalue weighted by Crippen LogP contribution is 2.16. The van der Waals surface area contributed by atoms with E-state index in [9.17, 15) is 14.0 Å². The van der Waals surface area contributed by atoms with E-state index in [-0.39, 0.29) is 23.6 Å². The Morgan fingerprint density at radius 2 is 2.03 bits per heavy atom. The van der Waals surface area contributed by atoms with E-state index in [4.69, 9.17) is 16.3 Å². The van der Waals surface area contributed by atoms with Crippen molar-refractivity contribution in [3.8, 4) is 0 Å². The van der Waals surface area contributed by atoms with Gasteiger partial charge in [0, 0.05) is 23.9 Å². The largest absolute Gasteiger partial charge is 0.445 e. The maximum absolute atomic E-state index is 13.8. The fourth-order valence-electron chi connectivity index (χ4n) is 2.60. The normalized spacial score (nSPS) is 11.8. The molecule has 2 amide bonds. The number of nitrogens with one attached hydrogen (secondary N) is 3. The van der Waals surface area contributed by atoms with Gasteiger partial charge in [0.25, 0.3) is 5.91 Å². The van der Waals surface area contributed by atoms with E-state index >= 15 is 0 Å². The average Bonchev–Trinajstić information content (AvgIpc) is 3.28. The third kappa shape index (κ3) is 6.65. The smallest absolute Gasteiger partial charge is 0.408 e. The minimum absolute atomic E-state index is 0.0322. The molecule has 0 spiro atoms. The fourth-order valence-corrected chi connectivity index (χ4v) is 2.82. The Labute approximate surface area is 182 Å². The second kappa shape index (κ2) is 10.9. The second-order valence-electron chi connectivity index (χ2n) is 6.41. The first-order valence-corrected chi connectivity index (χ1v) is 9.62. The molecule has 0 aliphatic heterocycles. The van der Waals surface area contributed by atoms with Gasteiger partial charge in [-0.3, -0.25) is 4.79 Å². The molecular formula is C21H19ClFN5O3. The lowest BCUT2D eigenvalue weighted by atomic mass is 10.1. The predicted octanol–water partition coefficient (Wildman–Crippen LogP) is 3.19. The topological polar surface area (TPSA) is 108 Å². The summed E-state index contributed by atoms with van der Waals surface area (Å²) in [6.45, 7) is 0.0506. The molecule has 3 rings (SSSR count). The lowest BCUT2D eigenvalue weighted by Gasteiger charge is -2.16. The zero-order chi connectivity index (χ0) is 22.1. The van der Waals surface area contributed by atoms with E-state index in [1.165, 1.54) is 30.7 Å². The number of rotatable bonds is 8. The van der Waals surface area contributed by atoms with Crippen LogP contribution in [0.4, 0.5) is 9.18 Å². The van der Waals surface area contributed by atoms with E-state index < -0.39 is 23.9 Å². The molecule has 1 heterocycles. The van der Waals surface area contributed by atoms with Crippen LogP contribution in [0.15, 0.2) is 66.2 Å². The van der Waals surface area contributed by atoms with Crippen LogP contribution in [-0.4, -0.2) is 34.2 Å². The third-order valence-electron chi connectivity index (χ3n) is 4.17. The first-order valence-electron chi connectivity index (χ1n) is 9.24. The number of carbonyl (C=O) groups is 2. The number of ether oxygens (including phenoxy) is 1. The third-order valence-corrected chi connectivity index (χ3v) is 4.50. The molecule has 0 saturated heterocycles. The van der Waals surface area contributed by atoms with Gasteiger partial charge in [0.05, 0.1) is 17.6 Å². The van der Waals surface area contributed by atoms with E-state index in [0.29, 0.717) is 5.69 Å². The second-order valence-corrected chi connectivity index (χ2v) is 6.82. The molecule has 0 radical (unpaired) electrons. The molecule has 160 valence electrons. The van der Waals surface area contributed by atoms with Gasteiger partial charge in [-0.05, 0) is 17.7 Å². The lowest BCUT2D eigenvalue weighted by molar-refractivity contribution is -0.123. The Balaban J connectivity index is 1.62. The molecule has 3 N–H and O–H groups in total. The molecule has 31 heavy (non-hydrogen) atoms. The van der Waals surface area contributed by atoms with Crippen LogP contribution in [-0.2, 0) is 22.6 Å². The Hall–Kier alpha value is -3.72. The minimum atomic E-state index is -1.02. The van der Waals surface area contributed by atoms with Crippen molar-refractivity contribution in [2.24, 2.45) is 5.10 Å². The van der Waals surface area contributed by atoms with Gasteiger partial charge in [-0.25, -0.2) is 19.6 Å². The van der Waals surface area contributed by atoms with Crippen LogP contribution < -0.4 is 10.7 Å². The van der Waals surface area contributed by atoms with Crippen LogP contribution in [0.2, 0.25) is 5.02 Å². The molecule has 10 heteroatoms. The zero-order valence-electron chi connectivity index (χ0n) is 16.2. The van der Waals surface area contributed by atoms with Crippen LogP contribution in [0.5, 0.6) is 0 Å². The highest BCUT2D eigenvalue weighted by atomic mass is 35.5. The molecule has 0 aliphatic rings. The van der Waals surface area contributed by atoms with Gasteiger partial charge in [0.15, 0.2) is 0 Å². The van der Waals surface area contributed by atoms with Crippen molar-refractivity contribution in [2.75, 3.05) is 0 Å². The van der Waals surface area contributed by atoms with Crippen molar-refractivity contribution in [1.29, 1.82) is 0 Å². The number of hydrogen-bond donors (Lipinski definition) is 3. The number of carbonyl (C=O) groups excluding carboxylic acids is 2. The number of aromatic amines is 1. The number of hydrazone groups is 1. The molecule has 8 nitrogen and oxygen atoms in total. The van der Waals surface area contributed by atoms with E-state index in [0.717, 1.165) is 11.8 Å². The summed E-state index contributed by atoms with van der Waals surface area (Å²) in [5, 5.41) is 6.40. The molecule has 1 aromatic heterocycles. The molecule has 2 aromatic carbocycles. The summed E-state index contributed by atoms with van der Waals surface area (Å²) in [7, 11) is 0. The number of imidazole rings is 1. The van der Waals surface area contributed by atoms with Crippen LogP contribution in [0.25, 0.3) is 0 Å². The van der Waals surface area contributed by atoms with Gasteiger partial charge in [0.2, 0.25) is 0 Å². The van der Waals surface area contributed by atoms with Crippen molar-refractivity contribution < 1.29 is 18.7 Å². The SMILES string of the molecule is O=C(N[C@H](Cc1cnc[nH]1)C(=O)N/N=C\c1c(F)cccc1Cl)OCc1ccccc1. The van der Waals surface area contributed by atoms with Crippen LogP contribution in [0.1, 0.15) is 16.8 Å². The maximum Gasteiger partial charge on any atom is 0.408 e. The summed E-state index contributed by atoms with van der Waals surface area (Å²) in [5.74, 6) is -1.21. The van der Waals surface area contributed by atoms with E-state index in [1.54, 1.807) is 0 Å². The Morgan fingerprint density at radius 3 is 2.74 bits per heavy atom. The van der Waals surface area contributed by atoms with Crippen molar-refractivity contribution >= 4 is 29.8 Å². The predicted molar refractivity (Wildman–Crippen MR) is 113 cm³/mol. The molecule has 1 atom stereocenters. The monoisotopic (exact) mass is 443 g/mol. The zero-order valence-corrected chi connectivity index (χ0v) is 17.0. The quantitative estimate of drug-likeness (QED) is 0.367. The van der Waals surface area contributed by atoms with Crippen molar-refractivity contribution in [3.63, 3.8) is 0 Å². The summed E-state index contributed by atoms with van der Waals surface area (Å²) in [6, 6.07) is 12.3. The fraction of sp³-hybridized carbons (Fsp3) is 0.143. The first kappa shape index (κ1) is 22.0. The van der Waals surface area contributed by atoms with E-state index in [1.807, 2.05) is 30.3 Å². The highest BCUT2D eigenvalue weighted by Gasteiger charge is 2.22. The molecule has 0 unspecified atom stereocenters. The number of amides is 2. The Kier molecular flexibility index (Phi) is 7.72. The number of alkyl carbamates (subject to hydrolysis) is 1. The standard InChI is InChI=1S/C21H19ClFN5O3/c22-17-7-4-8-18(23)16(17)11-26-28-20(29)19(9-15-10-24-13-25-15)27-21(30)31-12-14-5-2-1-3-6-14/h1-8,10-11,13,19H,9,12H2,(H,24,25)(H,27,30)(H,28,29)/b26-11-/t19-/m1/s1. The molecule has 0 bridgehead atoms. The van der Waals surface area contributed by atoms with Crippen LogP contribution in [0.3, 0.4) is 0 Å². The van der Waals surface area contributed by atoms with Crippen molar-refractivity contribution in [1.82, 2.24) is 20.7 Å². The molecule has 0 aliphatic carbocycles. The Morgan fingerprint density at radius 1 is 1.23 bits per heavy atom. The van der Waals surface area contributed by atoms with Gasteiger partial charge < -0.3 is 15.0 Å². The number of hydrogen-bond acceptors (Lipinski definition) is 5. The molecule has 0 saturated carbocycles. The number of H-pyrrole nitrogens is 1. The van der Waals surface area contributed by atoms with Gasteiger partial charge in [-0.15, -0.1) is 0 Å². The summed E-state index contributed by atoms with van der Waals surface area (Å²) in [5.41, 5.74) is 3.73. The molecule has 3 aromatic rings. The highest BCUT2D eigenvalue weighted by molar-refractivity contribution is 6.33.